The summed E-state index contributed by atoms with van der Waals surface area (Å²) in [5, 5.41) is 24.4. The van der Waals surface area contributed by atoms with Crippen molar-refractivity contribution in [1.82, 2.24) is 15.3 Å². The van der Waals surface area contributed by atoms with Crippen molar-refractivity contribution in [2.45, 2.75) is 43.1 Å². The molecule has 0 bridgehead atoms. The number of nitrogens with one attached hydrogen (secondary N) is 1. The Bertz CT molecular complexity index is 1240. The number of sulfone groups is 1. The Labute approximate surface area is 186 Å². The third-order valence-electron chi connectivity index (χ3n) is 5.65. The van der Waals surface area contributed by atoms with E-state index < -0.39 is 26.1 Å². The maximum absolute atomic E-state index is 12.1. The fourth-order valence-electron chi connectivity index (χ4n) is 3.27. The van der Waals surface area contributed by atoms with Gasteiger partial charge < -0.3 is 9.84 Å². The minimum absolute atomic E-state index is 0.0670. The summed E-state index contributed by atoms with van der Waals surface area (Å²) in [5.74, 6) is 10.2. The zero-order valence-electron chi connectivity index (χ0n) is 17.9. The van der Waals surface area contributed by atoms with E-state index in [1.165, 1.54) is 12.4 Å². The third-order valence-corrected chi connectivity index (χ3v) is 7.68. The first-order valence-corrected chi connectivity index (χ1v) is 11.9. The summed E-state index contributed by atoms with van der Waals surface area (Å²) in [7, 11) is -3.78. The predicted octanol–water partition coefficient (Wildman–Crippen LogP) is 0.632. The predicted molar refractivity (Wildman–Crippen MR) is 117 cm³/mol. The summed E-state index contributed by atoms with van der Waals surface area (Å²) in [5.41, 5.74) is 1.78. The van der Waals surface area contributed by atoms with Gasteiger partial charge in [-0.25, -0.2) is 13.9 Å². The highest BCUT2D eigenvalue weighted by atomic mass is 32.2. The smallest absolute Gasteiger partial charge is 0.264 e. The third kappa shape index (κ3) is 5.29. The number of hydrogen-bond acceptors (Lipinski definition) is 7. The summed E-state index contributed by atoms with van der Waals surface area (Å²) < 4.78 is 29.2. The van der Waals surface area contributed by atoms with Gasteiger partial charge in [0.2, 0.25) is 0 Å². The van der Waals surface area contributed by atoms with Gasteiger partial charge in [-0.05, 0) is 43.4 Å². The summed E-state index contributed by atoms with van der Waals surface area (Å²) >= 11 is 0. The van der Waals surface area contributed by atoms with Crippen LogP contribution in [0.3, 0.4) is 0 Å². The molecule has 0 spiro atoms. The minimum atomic E-state index is -3.78. The fraction of sp³-hybridized carbons (Fsp3) is 0.455. The van der Waals surface area contributed by atoms with Crippen LogP contribution in [0.2, 0.25) is 0 Å². The fourth-order valence-corrected chi connectivity index (χ4v) is 4.11. The molecule has 1 amide bonds. The molecular weight excluding hydrogens is 434 g/mol. The van der Waals surface area contributed by atoms with E-state index in [0.717, 1.165) is 11.6 Å². The summed E-state index contributed by atoms with van der Waals surface area (Å²) in [4.78, 5) is 11.9. The topological polar surface area (TPSA) is 131 Å². The van der Waals surface area contributed by atoms with Gasteiger partial charge in [-0.3, -0.25) is 14.7 Å². The average molecular weight is 460 g/mol. The standard InChI is InChI=1S/C22H25N3O6S/c1-21(20(26)24-28,32(2,29)30)9-12-25-16-18-15-17(6-7-19(18)23-25)5-3-4-8-22(27)10-13-31-14-11-22/h6-7,15-16,27-28H,9-14H2,1-2H3,(H,24,26)/t21-/m1/s1. The first-order valence-electron chi connectivity index (χ1n) is 10.0. The van der Waals surface area contributed by atoms with Crippen LogP contribution in [-0.4, -0.2) is 64.2 Å². The Morgan fingerprint density at radius 1 is 1.34 bits per heavy atom. The molecule has 32 heavy (non-hydrogen) atoms. The van der Waals surface area contributed by atoms with Crippen LogP contribution < -0.4 is 5.48 Å². The second-order valence-electron chi connectivity index (χ2n) is 8.00. The van der Waals surface area contributed by atoms with E-state index in [0.29, 0.717) is 37.1 Å². The number of hydroxylamine groups is 1. The number of nitrogens with zero attached hydrogens (tertiary/aromatic N) is 2. The van der Waals surface area contributed by atoms with E-state index in [2.05, 4.69) is 28.8 Å². The van der Waals surface area contributed by atoms with E-state index in [9.17, 15) is 18.3 Å². The molecule has 3 N–H and O–H groups in total. The number of aromatic nitrogens is 2. The molecular formula is C22H25N3O6S. The lowest BCUT2D eigenvalue weighted by Crippen LogP contribution is -2.49. The summed E-state index contributed by atoms with van der Waals surface area (Å²) in [6, 6.07) is 5.40. The first kappa shape index (κ1) is 23.8. The molecule has 0 unspecified atom stereocenters. The summed E-state index contributed by atoms with van der Waals surface area (Å²) in [6.45, 7) is 2.38. The molecule has 170 valence electrons. The molecule has 0 aliphatic carbocycles. The van der Waals surface area contributed by atoms with Gasteiger partial charge in [-0.2, -0.15) is 5.10 Å². The van der Waals surface area contributed by atoms with Gasteiger partial charge in [-0.1, -0.05) is 11.8 Å². The molecule has 1 fully saturated rings. The molecule has 0 saturated carbocycles. The van der Waals surface area contributed by atoms with Crippen LogP contribution in [0, 0.1) is 23.7 Å². The van der Waals surface area contributed by atoms with E-state index in [4.69, 9.17) is 9.94 Å². The van der Waals surface area contributed by atoms with Crippen LogP contribution in [0.5, 0.6) is 0 Å². The molecule has 0 radical (unpaired) electrons. The Kier molecular flexibility index (Phi) is 6.91. The van der Waals surface area contributed by atoms with Gasteiger partial charge >= 0.3 is 0 Å². The number of benzene rings is 1. The molecule has 1 atom stereocenters. The Morgan fingerprint density at radius 2 is 2.06 bits per heavy atom. The molecule has 2 heterocycles. The average Bonchev–Trinajstić information content (AvgIpc) is 3.16. The van der Waals surface area contributed by atoms with Gasteiger partial charge in [-0.15, -0.1) is 0 Å². The SMILES string of the molecule is C[C@@](CCn1cc2cc(C#CC#CC3(O)CCOCC3)ccc2n1)(C(=O)NO)S(C)(=O)=O. The van der Waals surface area contributed by atoms with Crippen molar-refractivity contribution in [3.63, 3.8) is 0 Å². The summed E-state index contributed by atoms with van der Waals surface area (Å²) in [6.07, 6.45) is 3.55. The zero-order valence-corrected chi connectivity index (χ0v) is 18.7. The normalized spacial score (nSPS) is 17.4. The van der Waals surface area contributed by atoms with Crippen molar-refractivity contribution in [2.24, 2.45) is 0 Å². The Hall–Kier alpha value is -2.89. The quantitative estimate of drug-likeness (QED) is 0.340. The van der Waals surface area contributed by atoms with Gasteiger partial charge in [0.1, 0.15) is 5.60 Å². The largest absolute Gasteiger partial charge is 0.381 e. The van der Waals surface area contributed by atoms with Crippen LogP contribution in [0.15, 0.2) is 24.4 Å². The minimum Gasteiger partial charge on any atom is -0.381 e. The van der Waals surface area contributed by atoms with Crippen LogP contribution in [0.1, 0.15) is 31.7 Å². The lowest BCUT2D eigenvalue weighted by atomic mass is 9.95. The molecule has 3 rings (SSSR count). The number of carbonyl (C=O) groups excluding carboxylic acids is 1. The molecule has 1 saturated heterocycles. The highest BCUT2D eigenvalue weighted by molar-refractivity contribution is 7.92. The maximum Gasteiger partial charge on any atom is 0.264 e. The van der Waals surface area contributed by atoms with E-state index in [1.807, 2.05) is 6.07 Å². The van der Waals surface area contributed by atoms with Gasteiger partial charge in [0.15, 0.2) is 14.6 Å². The Morgan fingerprint density at radius 3 is 2.72 bits per heavy atom. The van der Waals surface area contributed by atoms with Gasteiger partial charge in [0.25, 0.3) is 5.91 Å². The molecule has 1 aliphatic heterocycles. The molecule has 1 aromatic carbocycles. The number of carbonyl (C=O) groups is 1. The Balaban J connectivity index is 1.74. The number of fused-ring (bicyclic) bond motifs is 1. The van der Waals surface area contributed by atoms with Crippen LogP contribution in [-0.2, 0) is 25.9 Å². The monoisotopic (exact) mass is 459 g/mol. The second kappa shape index (κ2) is 9.31. The van der Waals surface area contributed by atoms with Crippen molar-refractivity contribution < 1.29 is 28.3 Å². The number of aryl methyl sites for hydroxylation is 1. The van der Waals surface area contributed by atoms with Crippen LogP contribution in [0.4, 0.5) is 0 Å². The van der Waals surface area contributed by atoms with Crippen LogP contribution in [0.25, 0.3) is 10.9 Å². The van der Waals surface area contributed by atoms with Crippen molar-refractivity contribution in [3.05, 3.63) is 30.0 Å². The highest BCUT2D eigenvalue weighted by Gasteiger charge is 2.43. The molecule has 9 nitrogen and oxygen atoms in total. The number of aliphatic hydroxyl groups is 1. The molecule has 2 aromatic rings. The number of rotatable bonds is 5. The molecule has 10 heteroatoms. The first-order chi connectivity index (χ1) is 15.1. The second-order valence-corrected chi connectivity index (χ2v) is 10.4. The van der Waals surface area contributed by atoms with Gasteiger partial charge in [0.05, 0.1) is 18.7 Å². The van der Waals surface area contributed by atoms with E-state index in [1.54, 1.807) is 23.0 Å². The molecule has 1 aliphatic rings. The highest BCUT2D eigenvalue weighted by Crippen LogP contribution is 2.23. The number of amides is 1. The van der Waals surface area contributed by atoms with Crippen molar-refractivity contribution in [2.75, 3.05) is 19.5 Å². The van der Waals surface area contributed by atoms with Crippen LogP contribution >= 0.6 is 0 Å². The zero-order chi connectivity index (χ0) is 23.4. The molecule has 1 aromatic heterocycles. The lowest BCUT2D eigenvalue weighted by Gasteiger charge is -2.26. The number of hydrogen-bond donors (Lipinski definition) is 3. The van der Waals surface area contributed by atoms with E-state index >= 15 is 0 Å². The number of ether oxygens (including phenoxy) is 1. The van der Waals surface area contributed by atoms with Crippen molar-refractivity contribution >= 4 is 26.6 Å². The van der Waals surface area contributed by atoms with Crippen molar-refractivity contribution in [1.29, 1.82) is 0 Å². The maximum atomic E-state index is 12.1. The van der Waals surface area contributed by atoms with E-state index in [-0.39, 0.29) is 13.0 Å². The lowest BCUT2D eigenvalue weighted by molar-refractivity contribution is -0.131. The van der Waals surface area contributed by atoms with Gasteiger partial charge in [0, 0.05) is 42.8 Å². The van der Waals surface area contributed by atoms with Crippen molar-refractivity contribution in [3.8, 4) is 23.7 Å².